The van der Waals surface area contributed by atoms with Crippen LogP contribution in [0.15, 0.2) is 90.1 Å². The van der Waals surface area contributed by atoms with Crippen molar-refractivity contribution in [3.05, 3.63) is 102 Å². The summed E-state index contributed by atoms with van der Waals surface area (Å²) in [5.74, 6) is -1.01. The van der Waals surface area contributed by atoms with Gasteiger partial charge in [0, 0.05) is 49.8 Å². The molecular formula is C49H60N4O10. The van der Waals surface area contributed by atoms with Gasteiger partial charge in [-0.15, -0.1) is 6.58 Å². The van der Waals surface area contributed by atoms with Crippen LogP contribution in [-0.4, -0.2) is 91.3 Å². The van der Waals surface area contributed by atoms with Crippen molar-refractivity contribution < 1.29 is 48.3 Å². The Hall–Kier alpha value is -5.88. The number of aliphatic hydroxyl groups is 2. The number of methoxy groups -OCH3 is 2. The number of fused-ring (bicyclic) bond motifs is 2. The maximum atomic E-state index is 14.6. The second kappa shape index (κ2) is 20.5. The Labute approximate surface area is 370 Å². The lowest BCUT2D eigenvalue weighted by Crippen LogP contribution is -2.69. The molecule has 3 aliphatic rings. The number of carbonyl (C=O) groups excluding carboxylic acids is 2. The molecule has 0 saturated heterocycles. The summed E-state index contributed by atoms with van der Waals surface area (Å²) < 4.78 is 31.0. The van der Waals surface area contributed by atoms with E-state index in [1.54, 1.807) is 79.7 Å². The van der Waals surface area contributed by atoms with Gasteiger partial charge in [0.25, 0.3) is 5.91 Å². The second-order valence-electron chi connectivity index (χ2n) is 17.2. The minimum Gasteiger partial charge on any atom is -0.497 e. The van der Waals surface area contributed by atoms with Crippen molar-refractivity contribution in [3.63, 3.8) is 0 Å². The molecule has 14 nitrogen and oxygen atoms in total. The molecule has 3 N–H and O–H groups in total. The van der Waals surface area contributed by atoms with Crippen LogP contribution in [0.2, 0.25) is 0 Å². The third-order valence-electron chi connectivity index (χ3n) is 12.0. The van der Waals surface area contributed by atoms with Crippen molar-refractivity contribution in [1.29, 1.82) is 5.26 Å². The molecule has 0 unspecified atom stereocenters. The Kier molecular flexibility index (Phi) is 15.2. The monoisotopic (exact) mass is 864 g/mol. The van der Waals surface area contributed by atoms with Crippen LogP contribution in [0.25, 0.3) is 0 Å². The highest BCUT2D eigenvalue weighted by Crippen LogP contribution is 2.62. The highest BCUT2D eigenvalue weighted by Gasteiger charge is 2.65. The lowest BCUT2D eigenvalue weighted by atomic mass is 9.55. The Bertz CT molecular complexity index is 2210. The molecule has 3 aromatic carbocycles. The van der Waals surface area contributed by atoms with Crippen LogP contribution in [0.1, 0.15) is 93.1 Å². The Morgan fingerprint density at radius 2 is 1.71 bits per heavy atom. The van der Waals surface area contributed by atoms with Crippen molar-refractivity contribution in [2.75, 3.05) is 46.4 Å². The molecule has 336 valence electrons. The van der Waals surface area contributed by atoms with Gasteiger partial charge in [-0.05, 0) is 118 Å². The first-order valence-electron chi connectivity index (χ1n) is 21.6. The fraction of sp³-hybridized carbons (Fsp3) is 0.469. The fourth-order valence-electron chi connectivity index (χ4n) is 9.16. The molecule has 1 aliphatic heterocycles. The maximum Gasteiger partial charge on any atom is 0.417 e. The van der Waals surface area contributed by atoms with Gasteiger partial charge in [0.1, 0.15) is 34.6 Å². The minimum atomic E-state index is -1.48. The van der Waals surface area contributed by atoms with Gasteiger partial charge in [-0.3, -0.25) is 10.1 Å². The molecule has 0 bridgehead atoms. The smallest absolute Gasteiger partial charge is 0.417 e. The Morgan fingerprint density at radius 1 is 1.00 bits per heavy atom. The lowest BCUT2D eigenvalue weighted by molar-refractivity contribution is -0.252. The van der Waals surface area contributed by atoms with E-state index >= 15 is 0 Å². The summed E-state index contributed by atoms with van der Waals surface area (Å²) in [4.78, 5) is 35.9. The Balaban J connectivity index is 1.53. The topological polar surface area (TPSA) is 181 Å². The number of allylic oxidation sites excluding steroid dienone is 1. The van der Waals surface area contributed by atoms with Crippen molar-refractivity contribution in [2.24, 2.45) is 22.9 Å². The van der Waals surface area contributed by atoms with E-state index in [9.17, 15) is 25.1 Å². The number of nitriles is 1. The van der Waals surface area contributed by atoms with Crippen LogP contribution in [0.4, 0.5) is 10.5 Å². The van der Waals surface area contributed by atoms with Crippen molar-refractivity contribution in [1.82, 2.24) is 4.90 Å². The first-order chi connectivity index (χ1) is 30.3. The zero-order chi connectivity index (χ0) is 45.3. The number of amides is 2. The van der Waals surface area contributed by atoms with Gasteiger partial charge in [-0.2, -0.15) is 5.26 Å². The maximum absolute atomic E-state index is 14.6. The quantitative estimate of drug-likeness (QED) is 0.0635. The number of oxime groups is 1. The Morgan fingerprint density at radius 3 is 2.37 bits per heavy atom. The van der Waals surface area contributed by atoms with Crippen LogP contribution in [-0.2, 0) is 9.57 Å². The highest BCUT2D eigenvalue weighted by molar-refractivity contribution is 6.03. The molecule has 0 radical (unpaired) electrons. The third kappa shape index (κ3) is 10.3. The number of likely N-dealkylation sites (N-methyl/N-ethyl adjacent to an activating group) is 1. The van der Waals surface area contributed by atoms with Gasteiger partial charge in [0.2, 0.25) is 5.79 Å². The molecule has 6 atom stereocenters. The molecule has 1 heterocycles. The molecule has 3 aromatic rings. The van der Waals surface area contributed by atoms with Crippen LogP contribution in [0.5, 0.6) is 23.0 Å². The van der Waals surface area contributed by atoms with Gasteiger partial charge in [-0.1, -0.05) is 30.1 Å². The summed E-state index contributed by atoms with van der Waals surface area (Å²) in [6, 6.07) is 18.2. The van der Waals surface area contributed by atoms with E-state index < -0.39 is 29.4 Å². The van der Waals surface area contributed by atoms with Gasteiger partial charge in [0.15, 0.2) is 0 Å². The average Bonchev–Trinajstić information content (AvgIpc) is 3.28. The summed E-state index contributed by atoms with van der Waals surface area (Å²) in [6.07, 6.45) is 7.63. The lowest BCUT2D eigenvalue weighted by Gasteiger charge is -2.59. The molecule has 63 heavy (non-hydrogen) atoms. The number of unbranched alkanes of at least 4 members (excludes halogenated alkanes) is 2. The molecule has 0 aromatic heterocycles. The number of ether oxygens (including phenoxy) is 5. The number of nitrogens with zero attached hydrogens (tertiary/aromatic N) is 3. The van der Waals surface area contributed by atoms with E-state index in [0.29, 0.717) is 52.6 Å². The van der Waals surface area contributed by atoms with Gasteiger partial charge >= 0.3 is 6.09 Å². The molecule has 1 fully saturated rings. The predicted molar refractivity (Wildman–Crippen MR) is 238 cm³/mol. The molecule has 0 spiro atoms. The second-order valence-corrected chi connectivity index (χ2v) is 17.2. The number of aliphatic hydroxyl groups excluding tert-OH is 2. The zero-order valence-electron chi connectivity index (χ0n) is 37.1. The molecule has 2 amide bonds. The fourth-order valence-corrected chi connectivity index (χ4v) is 9.16. The van der Waals surface area contributed by atoms with Crippen molar-refractivity contribution in [3.8, 4) is 29.1 Å². The molecular weight excluding hydrogens is 805 g/mol. The number of rotatable bonds is 18. The molecule has 14 heteroatoms. The van der Waals surface area contributed by atoms with Crippen LogP contribution in [0.3, 0.4) is 0 Å². The van der Waals surface area contributed by atoms with E-state index in [1.165, 1.54) is 7.11 Å². The van der Waals surface area contributed by atoms with Crippen molar-refractivity contribution in [2.45, 2.75) is 89.1 Å². The zero-order valence-corrected chi connectivity index (χ0v) is 37.1. The summed E-state index contributed by atoms with van der Waals surface area (Å²) in [7, 11) is 4.76. The molecule has 2 aliphatic carbocycles. The van der Waals surface area contributed by atoms with E-state index in [4.69, 9.17) is 33.7 Å². The summed E-state index contributed by atoms with van der Waals surface area (Å²) >= 11 is 0. The largest absolute Gasteiger partial charge is 0.497 e. The normalized spacial score (nSPS) is 22.9. The van der Waals surface area contributed by atoms with Gasteiger partial charge in [0.05, 0.1) is 49.8 Å². The molecule has 1 saturated carbocycles. The van der Waals surface area contributed by atoms with Crippen LogP contribution >= 0.6 is 0 Å². The van der Waals surface area contributed by atoms with E-state index in [0.717, 1.165) is 36.8 Å². The first-order valence-corrected chi connectivity index (χ1v) is 21.6. The highest BCUT2D eigenvalue weighted by atomic mass is 16.7. The number of carbonyl (C=O) groups is 2. The first kappa shape index (κ1) is 46.6. The number of benzene rings is 3. The summed E-state index contributed by atoms with van der Waals surface area (Å²) in [5.41, 5.74) is 2.88. The standard InChI is InChI=1S/C49H60N4O10/c1-8-25-60-49-43(53(5)46(56)32-17-15-31(30-50)16-18-32)29-40(52-63-48(2,3)4)37-26-33(13-9-11-23-54)36(14-10-12-24-55)44(45(37)49)38-27-35(20-22-41(38)62-49)61-47(57)51-39-21-19-34(58-6)28-42(39)59-7/h8,15-22,26-28,33,36,43-45,54-55H,1,9-14,23-25,29H2,2-7H3,(H,51,57)/t33-,36+,43-,44+,45+,49+/m0/s1. The summed E-state index contributed by atoms with van der Waals surface area (Å²) in [6.45, 7) is 9.95. The van der Waals surface area contributed by atoms with Gasteiger partial charge in [-0.25, -0.2) is 4.79 Å². The van der Waals surface area contributed by atoms with Crippen molar-refractivity contribution >= 4 is 23.4 Å². The third-order valence-corrected chi connectivity index (χ3v) is 12.0. The number of nitrogens with one attached hydrogen (secondary N) is 1. The number of anilines is 1. The van der Waals surface area contributed by atoms with E-state index in [1.807, 2.05) is 26.8 Å². The van der Waals surface area contributed by atoms with Crippen LogP contribution in [0, 0.1) is 29.1 Å². The number of hydrogen-bond donors (Lipinski definition) is 3. The molecule has 6 rings (SSSR count). The van der Waals surface area contributed by atoms with E-state index in [2.05, 4.69) is 24.0 Å². The predicted octanol–water partition coefficient (Wildman–Crippen LogP) is 8.39. The average molecular weight is 865 g/mol. The van der Waals surface area contributed by atoms with Gasteiger partial charge < -0.3 is 43.6 Å². The minimum absolute atomic E-state index is 0.000598. The number of hydrogen-bond acceptors (Lipinski definition) is 12. The summed E-state index contributed by atoms with van der Waals surface area (Å²) in [5, 5.41) is 36.9. The SMILES string of the molecule is C=CCO[C@@]12Oc3ccc(OC(=O)Nc4ccc(OC)cc4OC)cc3[C@H]3[C@H](CCCCO)[C@@H](CCCCO)C=C(C(=NOC(C)(C)C)C[C@@H]1N(C)C(=O)c1ccc(C#N)cc1)[C@H]32. The van der Waals surface area contributed by atoms with E-state index in [-0.39, 0.29) is 55.7 Å². The van der Waals surface area contributed by atoms with Crippen LogP contribution < -0.4 is 24.3 Å².